The molecule has 0 bridgehead atoms. The fourth-order valence-corrected chi connectivity index (χ4v) is 3.12. The second-order valence-corrected chi connectivity index (χ2v) is 6.78. The monoisotopic (exact) mass is 304 g/mol. The van der Waals surface area contributed by atoms with Crippen molar-refractivity contribution in [1.29, 1.82) is 0 Å². The highest BCUT2D eigenvalue weighted by molar-refractivity contribution is 5.76. The molecule has 0 N–H and O–H groups in total. The standard InChI is InChI=1S/C17H28N4O/c1-14(2)11-21-9-6-15(13-21)12-20(3)17(22)5-4-16-10-18-7-8-19-16/h7-8,10,14-15H,4-6,9,11-13H2,1-3H3/t15-/m1/s1. The summed E-state index contributed by atoms with van der Waals surface area (Å²) in [6.07, 6.45) is 7.44. The van der Waals surface area contributed by atoms with E-state index in [2.05, 4.69) is 28.7 Å². The van der Waals surface area contributed by atoms with E-state index in [9.17, 15) is 4.79 Å². The minimum absolute atomic E-state index is 0.202. The summed E-state index contributed by atoms with van der Waals surface area (Å²) in [6.45, 7) is 8.85. The van der Waals surface area contributed by atoms with Gasteiger partial charge in [-0.25, -0.2) is 0 Å². The van der Waals surface area contributed by atoms with Gasteiger partial charge in [0.15, 0.2) is 0 Å². The summed E-state index contributed by atoms with van der Waals surface area (Å²) in [6, 6.07) is 0. The van der Waals surface area contributed by atoms with Crippen LogP contribution in [0.25, 0.3) is 0 Å². The minimum atomic E-state index is 0.202. The van der Waals surface area contributed by atoms with Gasteiger partial charge in [0.25, 0.3) is 0 Å². The van der Waals surface area contributed by atoms with Gasteiger partial charge in [-0.1, -0.05) is 13.8 Å². The first kappa shape index (κ1) is 16.9. The molecule has 5 nitrogen and oxygen atoms in total. The number of nitrogens with zero attached hydrogens (tertiary/aromatic N) is 4. The van der Waals surface area contributed by atoms with E-state index >= 15 is 0 Å². The fourth-order valence-electron chi connectivity index (χ4n) is 3.12. The number of likely N-dealkylation sites (tertiary alicyclic amines) is 1. The molecule has 122 valence electrons. The van der Waals surface area contributed by atoms with Crippen LogP contribution in [0, 0.1) is 11.8 Å². The number of carbonyl (C=O) groups is 1. The van der Waals surface area contributed by atoms with Crippen LogP contribution in [-0.4, -0.2) is 58.9 Å². The van der Waals surface area contributed by atoms with E-state index in [-0.39, 0.29) is 5.91 Å². The lowest BCUT2D eigenvalue weighted by Crippen LogP contribution is -2.33. The van der Waals surface area contributed by atoms with Gasteiger partial charge in [0.1, 0.15) is 0 Å². The number of amides is 1. The summed E-state index contributed by atoms with van der Waals surface area (Å²) in [4.78, 5) is 24.9. The SMILES string of the molecule is CC(C)CN1CC[C@H](CN(C)C(=O)CCc2cnccn2)C1. The molecule has 0 spiro atoms. The summed E-state index contributed by atoms with van der Waals surface area (Å²) in [5.74, 6) is 1.53. The molecule has 1 saturated heterocycles. The Morgan fingerprint density at radius 2 is 2.27 bits per heavy atom. The Balaban J connectivity index is 1.70. The van der Waals surface area contributed by atoms with E-state index in [0.29, 0.717) is 24.7 Å². The summed E-state index contributed by atoms with van der Waals surface area (Å²) >= 11 is 0. The molecule has 1 amide bonds. The maximum Gasteiger partial charge on any atom is 0.222 e. The Bertz CT molecular complexity index is 463. The summed E-state index contributed by atoms with van der Waals surface area (Å²) in [5, 5.41) is 0. The molecule has 1 aliphatic heterocycles. The third-order valence-electron chi connectivity index (χ3n) is 4.16. The zero-order valence-electron chi connectivity index (χ0n) is 14.0. The van der Waals surface area contributed by atoms with Crippen LogP contribution < -0.4 is 0 Å². The van der Waals surface area contributed by atoms with Gasteiger partial charge in [-0.05, 0) is 31.2 Å². The number of aromatic nitrogens is 2. The molecular formula is C17H28N4O. The maximum absolute atomic E-state index is 12.2. The number of aryl methyl sites for hydroxylation is 1. The lowest BCUT2D eigenvalue weighted by atomic mass is 10.1. The first-order valence-corrected chi connectivity index (χ1v) is 8.25. The van der Waals surface area contributed by atoms with Crippen molar-refractivity contribution in [1.82, 2.24) is 19.8 Å². The maximum atomic E-state index is 12.2. The molecule has 2 rings (SSSR count). The third-order valence-corrected chi connectivity index (χ3v) is 4.16. The van der Waals surface area contributed by atoms with E-state index < -0.39 is 0 Å². The number of carbonyl (C=O) groups excluding carboxylic acids is 1. The number of hydrogen-bond acceptors (Lipinski definition) is 4. The zero-order chi connectivity index (χ0) is 15.9. The first-order valence-electron chi connectivity index (χ1n) is 8.25. The molecule has 0 aromatic carbocycles. The molecule has 22 heavy (non-hydrogen) atoms. The Hall–Kier alpha value is -1.49. The van der Waals surface area contributed by atoms with Crippen LogP contribution in [0.15, 0.2) is 18.6 Å². The smallest absolute Gasteiger partial charge is 0.222 e. The van der Waals surface area contributed by atoms with Crippen molar-refractivity contribution in [2.24, 2.45) is 11.8 Å². The van der Waals surface area contributed by atoms with Gasteiger partial charge in [-0.2, -0.15) is 0 Å². The molecule has 1 aromatic rings. The second kappa shape index (κ2) is 8.22. The van der Waals surface area contributed by atoms with Crippen molar-refractivity contribution in [3.05, 3.63) is 24.3 Å². The molecule has 1 aromatic heterocycles. The molecule has 0 aliphatic carbocycles. The quantitative estimate of drug-likeness (QED) is 0.771. The molecule has 2 heterocycles. The normalized spacial score (nSPS) is 18.8. The second-order valence-electron chi connectivity index (χ2n) is 6.78. The molecular weight excluding hydrogens is 276 g/mol. The topological polar surface area (TPSA) is 49.3 Å². The van der Waals surface area contributed by atoms with Gasteiger partial charge in [0.2, 0.25) is 5.91 Å². The van der Waals surface area contributed by atoms with Crippen molar-refractivity contribution >= 4 is 5.91 Å². The lowest BCUT2D eigenvalue weighted by Gasteiger charge is -2.22. The van der Waals surface area contributed by atoms with Crippen molar-refractivity contribution in [3.8, 4) is 0 Å². The summed E-state index contributed by atoms with van der Waals surface area (Å²) < 4.78 is 0. The van der Waals surface area contributed by atoms with Crippen molar-refractivity contribution < 1.29 is 4.79 Å². The first-order chi connectivity index (χ1) is 10.5. The Morgan fingerprint density at radius 3 is 2.95 bits per heavy atom. The molecule has 0 radical (unpaired) electrons. The van der Waals surface area contributed by atoms with E-state index in [0.717, 1.165) is 18.8 Å². The molecule has 0 unspecified atom stereocenters. The zero-order valence-corrected chi connectivity index (χ0v) is 14.0. The van der Waals surface area contributed by atoms with Gasteiger partial charge >= 0.3 is 0 Å². The molecule has 5 heteroatoms. The van der Waals surface area contributed by atoms with E-state index in [1.807, 2.05) is 11.9 Å². The Kier molecular flexibility index (Phi) is 6.31. The van der Waals surface area contributed by atoms with Crippen molar-refractivity contribution in [2.45, 2.75) is 33.1 Å². The third kappa shape index (κ3) is 5.37. The van der Waals surface area contributed by atoms with Gasteiger partial charge < -0.3 is 9.80 Å². The van der Waals surface area contributed by atoms with Crippen LogP contribution in [0.5, 0.6) is 0 Å². The lowest BCUT2D eigenvalue weighted by molar-refractivity contribution is -0.130. The van der Waals surface area contributed by atoms with Crippen LogP contribution >= 0.6 is 0 Å². The van der Waals surface area contributed by atoms with Crippen LogP contribution in [0.2, 0.25) is 0 Å². The van der Waals surface area contributed by atoms with Crippen LogP contribution in [-0.2, 0) is 11.2 Å². The molecule has 1 aliphatic rings. The number of rotatable bonds is 7. The highest BCUT2D eigenvalue weighted by Crippen LogP contribution is 2.18. The molecule has 1 atom stereocenters. The van der Waals surface area contributed by atoms with Crippen LogP contribution in [0.1, 0.15) is 32.4 Å². The van der Waals surface area contributed by atoms with Gasteiger partial charge in [0, 0.05) is 51.7 Å². The van der Waals surface area contributed by atoms with E-state index in [1.54, 1.807) is 18.6 Å². The van der Waals surface area contributed by atoms with Crippen molar-refractivity contribution in [3.63, 3.8) is 0 Å². The molecule has 1 fully saturated rings. The van der Waals surface area contributed by atoms with Gasteiger partial charge in [0.05, 0.1) is 5.69 Å². The highest BCUT2D eigenvalue weighted by Gasteiger charge is 2.25. The van der Waals surface area contributed by atoms with Crippen molar-refractivity contribution in [2.75, 3.05) is 33.2 Å². The predicted molar refractivity (Wildman–Crippen MR) is 87.4 cm³/mol. The molecule has 0 saturated carbocycles. The Labute approximate surface area is 133 Å². The average molecular weight is 304 g/mol. The highest BCUT2D eigenvalue weighted by atomic mass is 16.2. The van der Waals surface area contributed by atoms with Crippen LogP contribution in [0.3, 0.4) is 0 Å². The van der Waals surface area contributed by atoms with Crippen LogP contribution in [0.4, 0.5) is 0 Å². The van der Waals surface area contributed by atoms with E-state index in [4.69, 9.17) is 0 Å². The largest absolute Gasteiger partial charge is 0.345 e. The number of hydrogen-bond donors (Lipinski definition) is 0. The Morgan fingerprint density at radius 1 is 1.45 bits per heavy atom. The predicted octanol–water partition coefficient (Wildman–Crippen LogP) is 1.85. The average Bonchev–Trinajstić information content (AvgIpc) is 2.92. The fraction of sp³-hybridized carbons (Fsp3) is 0.706. The van der Waals surface area contributed by atoms with Gasteiger partial charge in [-0.15, -0.1) is 0 Å². The van der Waals surface area contributed by atoms with E-state index in [1.165, 1.54) is 19.5 Å². The summed E-state index contributed by atoms with van der Waals surface area (Å²) in [5.41, 5.74) is 0.883. The van der Waals surface area contributed by atoms with Gasteiger partial charge in [-0.3, -0.25) is 14.8 Å². The minimum Gasteiger partial charge on any atom is -0.345 e. The summed E-state index contributed by atoms with van der Waals surface area (Å²) in [7, 11) is 1.92.